The molecule has 0 amide bonds. The van der Waals surface area contributed by atoms with Crippen LogP contribution in [0.15, 0.2) is 48.7 Å². The number of ether oxygens (including phenoxy) is 1. The number of nitrogens with one attached hydrogen (secondary N) is 1. The van der Waals surface area contributed by atoms with Crippen LogP contribution in [-0.4, -0.2) is 28.2 Å². The van der Waals surface area contributed by atoms with Crippen LogP contribution < -0.4 is 10.1 Å². The lowest BCUT2D eigenvalue weighted by molar-refractivity contribution is -0.274. The normalized spacial score (nSPS) is 12.1. The first-order chi connectivity index (χ1) is 13.7. The van der Waals surface area contributed by atoms with Crippen molar-refractivity contribution in [1.82, 2.24) is 14.8 Å². The lowest BCUT2D eigenvalue weighted by Crippen LogP contribution is -2.16. The van der Waals surface area contributed by atoms with Crippen molar-refractivity contribution >= 4 is 17.7 Å². The predicted octanol–water partition coefficient (Wildman–Crippen LogP) is 5.04. The maximum absolute atomic E-state index is 14.6. The fourth-order valence-corrected chi connectivity index (χ4v) is 2.61. The number of aryl methyl sites for hydroxylation is 1. The highest BCUT2D eigenvalue weighted by Crippen LogP contribution is 2.25. The van der Waals surface area contributed by atoms with Crippen molar-refractivity contribution in [3.8, 4) is 5.75 Å². The van der Waals surface area contributed by atoms with Crippen molar-refractivity contribution in [1.29, 1.82) is 0 Å². The lowest BCUT2D eigenvalue weighted by Gasteiger charge is -2.08. The molecule has 0 aliphatic rings. The molecule has 0 fully saturated rings. The van der Waals surface area contributed by atoms with Crippen molar-refractivity contribution in [2.75, 3.05) is 12.4 Å². The maximum Gasteiger partial charge on any atom is 0.573 e. The summed E-state index contributed by atoms with van der Waals surface area (Å²) in [4.78, 5) is 4.23. The molecule has 1 aromatic carbocycles. The van der Waals surface area contributed by atoms with Crippen LogP contribution in [-0.2, 0) is 6.54 Å². The van der Waals surface area contributed by atoms with E-state index < -0.39 is 12.2 Å². The number of benzene rings is 1. The van der Waals surface area contributed by atoms with E-state index in [0.29, 0.717) is 12.1 Å². The van der Waals surface area contributed by atoms with Crippen LogP contribution in [0.3, 0.4) is 0 Å². The van der Waals surface area contributed by atoms with Gasteiger partial charge < -0.3 is 10.1 Å². The van der Waals surface area contributed by atoms with Gasteiger partial charge in [0.2, 0.25) is 0 Å². The summed E-state index contributed by atoms with van der Waals surface area (Å²) in [5.41, 5.74) is 2.19. The molecule has 0 aliphatic carbocycles. The summed E-state index contributed by atoms with van der Waals surface area (Å²) in [6.45, 7) is 2.24. The standard InChI is InChI=1S/C20H18F4N4O/c1-13-9-18(27-28(13)12-15-5-8-19(25-2)26-11-15)17(21)10-14-3-6-16(7-4-14)29-20(22,23)24/h3-11H,12H2,1-2H3,(H,25,26). The van der Waals surface area contributed by atoms with E-state index in [2.05, 4.69) is 20.1 Å². The van der Waals surface area contributed by atoms with E-state index in [-0.39, 0.29) is 11.4 Å². The maximum atomic E-state index is 14.6. The van der Waals surface area contributed by atoms with Gasteiger partial charge >= 0.3 is 6.36 Å². The topological polar surface area (TPSA) is 52.0 Å². The largest absolute Gasteiger partial charge is 0.573 e. The molecule has 1 N–H and O–H groups in total. The molecule has 29 heavy (non-hydrogen) atoms. The smallest absolute Gasteiger partial charge is 0.406 e. The van der Waals surface area contributed by atoms with E-state index in [1.165, 1.54) is 18.2 Å². The molecule has 5 nitrogen and oxygen atoms in total. The summed E-state index contributed by atoms with van der Waals surface area (Å²) >= 11 is 0. The number of rotatable bonds is 6. The van der Waals surface area contributed by atoms with Crippen molar-refractivity contribution < 1.29 is 22.3 Å². The summed E-state index contributed by atoms with van der Waals surface area (Å²) in [6, 6.07) is 10.2. The van der Waals surface area contributed by atoms with Crippen LogP contribution in [0.2, 0.25) is 0 Å². The summed E-state index contributed by atoms with van der Waals surface area (Å²) in [5, 5.41) is 7.20. The van der Waals surface area contributed by atoms with Gasteiger partial charge in [-0.2, -0.15) is 5.10 Å². The Bertz CT molecular complexity index is 993. The van der Waals surface area contributed by atoms with Gasteiger partial charge in [-0.25, -0.2) is 9.37 Å². The van der Waals surface area contributed by atoms with Crippen LogP contribution in [0.4, 0.5) is 23.4 Å². The molecule has 0 bridgehead atoms. The Hall–Kier alpha value is -3.36. The first-order valence-electron chi connectivity index (χ1n) is 8.64. The van der Waals surface area contributed by atoms with Gasteiger partial charge in [-0.05, 0) is 48.4 Å². The molecule has 0 saturated carbocycles. The van der Waals surface area contributed by atoms with Crippen molar-refractivity contribution in [2.45, 2.75) is 19.8 Å². The number of nitrogens with zero attached hydrogens (tertiary/aromatic N) is 3. The molecular weight excluding hydrogens is 388 g/mol. The quantitative estimate of drug-likeness (QED) is 0.583. The van der Waals surface area contributed by atoms with Crippen molar-refractivity contribution in [3.63, 3.8) is 0 Å². The molecule has 3 aromatic rings. The zero-order valence-corrected chi connectivity index (χ0v) is 15.7. The highest BCUT2D eigenvalue weighted by atomic mass is 19.4. The molecule has 2 aromatic heterocycles. The third-order valence-corrected chi connectivity index (χ3v) is 4.05. The summed E-state index contributed by atoms with van der Waals surface area (Å²) in [6.07, 6.45) is -1.86. The second-order valence-corrected chi connectivity index (χ2v) is 6.24. The molecule has 0 unspecified atom stereocenters. The molecule has 152 valence electrons. The van der Waals surface area contributed by atoms with Crippen molar-refractivity contribution in [3.05, 3.63) is 71.2 Å². The number of alkyl halides is 3. The van der Waals surface area contributed by atoms with Gasteiger partial charge in [-0.1, -0.05) is 18.2 Å². The Balaban J connectivity index is 1.73. The van der Waals surface area contributed by atoms with Crippen LogP contribution >= 0.6 is 0 Å². The minimum absolute atomic E-state index is 0.137. The van der Waals surface area contributed by atoms with Crippen LogP contribution in [0.25, 0.3) is 11.9 Å². The van der Waals surface area contributed by atoms with Gasteiger partial charge in [-0.15, -0.1) is 13.2 Å². The monoisotopic (exact) mass is 406 g/mol. The number of hydrogen-bond acceptors (Lipinski definition) is 4. The SMILES string of the molecule is CNc1ccc(Cn2nc(C(F)=Cc3ccc(OC(F)(F)F)cc3)cc2C)cn1. The fourth-order valence-electron chi connectivity index (χ4n) is 2.61. The second-order valence-electron chi connectivity index (χ2n) is 6.24. The molecule has 0 aliphatic heterocycles. The van der Waals surface area contributed by atoms with Crippen LogP contribution in [0.5, 0.6) is 5.75 Å². The Morgan fingerprint density at radius 2 is 1.90 bits per heavy atom. The van der Waals surface area contributed by atoms with Gasteiger partial charge in [0.1, 0.15) is 17.3 Å². The van der Waals surface area contributed by atoms with E-state index in [0.717, 1.165) is 29.2 Å². The Morgan fingerprint density at radius 1 is 1.17 bits per heavy atom. The average Bonchev–Trinajstić information content (AvgIpc) is 3.03. The first-order valence-corrected chi connectivity index (χ1v) is 8.64. The minimum atomic E-state index is -4.77. The van der Waals surface area contributed by atoms with Gasteiger partial charge in [0.15, 0.2) is 5.83 Å². The van der Waals surface area contributed by atoms with Gasteiger partial charge in [0, 0.05) is 18.9 Å². The Labute approximate surface area is 164 Å². The third-order valence-electron chi connectivity index (χ3n) is 4.05. The molecule has 2 heterocycles. The number of halogens is 4. The van der Waals surface area contributed by atoms with E-state index in [1.54, 1.807) is 24.0 Å². The Morgan fingerprint density at radius 3 is 2.48 bits per heavy atom. The van der Waals surface area contributed by atoms with Crippen molar-refractivity contribution in [2.24, 2.45) is 0 Å². The molecular formula is C20H18F4N4O. The average molecular weight is 406 g/mol. The zero-order chi connectivity index (χ0) is 21.0. The van der Waals surface area contributed by atoms with Gasteiger partial charge in [0.25, 0.3) is 0 Å². The van der Waals surface area contributed by atoms with E-state index in [4.69, 9.17) is 0 Å². The zero-order valence-electron chi connectivity index (χ0n) is 15.7. The summed E-state index contributed by atoms with van der Waals surface area (Å²) < 4.78 is 56.6. The third kappa shape index (κ3) is 5.56. The summed E-state index contributed by atoms with van der Waals surface area (Å²) in [7, 11) is 1.78. The Kier molecular flexibility index (Phi) is 5.86. The highest BCUT2D eigenvalue weighted by molar-refractivity contribution is 5.75. The molecule has 0 radical (unpaired) electrons. The number of pyridine rings is 1. The highest BCUT2D eigenvalue weighted by Gasteiger charge is 2.30. The summed E-state index contributed by atoms with van der Waals surface area (Å²) in [5.74, 6) is -0.222. The van der Waals surface area contributed by atoms with Crippen LogP contribution in [0, 0.1) is 6.92 Å². The number of hydrogen-bond donors (Lipinski definition) is 1. The lowest BCUT2D eigenvalue weighted by atomic mass is 10.2. The van der Waals surface area contributed by atoms with E-state index in [1.807, 2.05) is 19.1 Å². The predicted molar refractivity (Wildman–Crippen MR) is 102 cm³/mol. The number of anilines is 1. The molecule has 0 spiro atoms. The van der Waals surface area contributed by atoms with Crippen LogP contribution in [0.1, 0.15) is 22.5 Å². The molecule has 0 atom stereocenters. The molecule has 0 saturated heterocycles. The van der Waals surface area contributed by atoms with Gasteiger partial charge in [-0.3, -0.25) is 4.68 Å². The molecule has 3 rings (SSSR count). The van der Waals surface area contributed by atoms with E-state index in [9.17, 15) is 17.6 Å². The van der Waals surface area contributed by atoms with E-state index >= 15 is 0 Å². The second kappa shape index (κ2) is 8.34. The van der Waals surface area contributed by atoms with Gasteiger partial charge in [0.05, 0.1) is 6.54 Å². The fraction of sp³-hybridized carbons (Fsp3) is 0.200. The number of aromatic nitrogens is 3. The first kappa shape index (κ1) is 20.4. The minimum Gasteiger partial charge on any atom is -0.406 e. The molecule has 9 heteroatoms.